The zero-order valence-electron chi connectivity index (χ0n) is 13.5. The predicted molar refractivity (Wildman–Crippen MR) is 88.7 cm³/mol. The second-order valence-electron chi connectivity index (χ2n) is 6.07. The average molecular weight is 344 g/mol. The van der Waals surface area contributed by atoms with E-state index in [1.165, 1.54) is 36.4 Å². The van der Waals surface area contributed by atoms with Crippen LogP contribution in [0.15, 0.2) is 48.5 Å². The van der Waals surface area contributed by atoms with E-state index in [1.54, 1.807) is 17.0 Å². The summed E-state index contributed by atoms with van der Waals surface area (Å²) >= 11 is 0. The van der Waals surface area contributed by atoms with E-state index in [0.717, 1.165) is 18.4 Å². The van der Waals surface area contributed by atoms with Crippen molar-refractivity contribution in [2.24, 2.45) is 0 Å². The van der Waals surface area contributed by atoms with E-state index >= 15 is 0 Å². The highest BCUT2D eigenvalue weighted by Crippen LogP contribution is 2.28. The molecular weight excluding hydrogens is 326 g/mol. The minimum Gasteiger partial charge on any atom is -0.343 e. The number of halogens is 2. The van der Waals surface area contributed by atoms with E-state index < -0.39 is 11.7 Å². The summed E-state index contributed by atoms with van der Waals surface area (Å²) in [6, 6.07) is 11.3. The molecular formula is C19H18F2N2O2. The lowest BCUT2D eigenvalue weighted by Crippen LogP contribution is -2.41. The van der Waals surface area contributed by atoms with Crippen molar-refractivity contribution in [1.82, 2.24) is 10.2 Å². The van der Waals surface area contributed by atoms with Gasteiger partial charge in [0.1, 0.15) is 11.6 Å². The van der Waals surface area contributed by atoms with Crippen LogP contribution in [0.2, 0.25) is 0 Å². The van der Waals surface area contributed by atoms with Gasteiger partial charge in [0.15, 0.2) is 0 Å². The Bertz CT molecular complexity index is 756. The van der Waals surface area contributed by atoms with Gasteiger partial charge in [-0.25, -0.2) is 8.78 Å². The molecule has 25 heavy (non-hydrogen) atoms. The molecule has 0 aromatic heterocycles. The van der Waals surface area contributed by atoms with Crippen molar-refractivity contribution in [3.63, 3.8) is 0 Å². The van der Waals surface area contributed by atoms with E-state index in [9.17, 15) is 18.4 Å². The van der Waals surface area contributed by atoms with Gasteiger partial charge in [0.25, 0.3) is 5.91 Å². The molecule has 2 aromatic rings. The van der Waals surface area contributed by atoms with E-state index in [4.69, 9.17) is 0 Å². The smallest absolute Gasteiger partial charge is 0.251 e. The summed E-state index contributed by atoms with van der Waals surface area (Å²) in [5, 5.41) is 2.56. The average Bonchev–Trinajstić information content (AvgIpc) is 3.44. The Balaban J connectivity index is 1.58. The topological polar surface area (TPSA) is 49.4 Å². The second-order valence-corrected chi connectivity index (χ2v) is 6.07. The fourth-order valence-electron chi connectivity index (χ4n) is 2.55. The van der Waals surface area contributed by atoms with Gasteiger partial charge in [-0.1, -0.05) is 12.1 Å². The van der Waals surface area contributed by atoms with Crippen LogP contribution in [-0.4, -0.2) is 29.3 Å². The first kappa shape index (κ1) is 17.1. The van der Waals surface area contributed by atoms with Gasteiger partial charge in [0, 0.05) is 18.2 Å². The molecule has 1 N–H and O–H groups in total. The highest BCUT2D eigenvalue weighted by molar-refractivity contribution is 5.96. The zero-order chi connectivity index (χ0) is 17.8. The number of rotatable bonds is 6. The van der Waals surface area contributed by atoms with Crippen molar-refractivity contribution in [3.05, 3.63) is 71.3 Å². The molecule has 0 atom stereocenters. The zero-order valence-corrected chi connectivity index (χ0v) is 13.5. The fourth-order valence-corrected chi connectivity index (χ4v) is 2.55. The lowest BCUT2D eigenvalue weighted by molar-refractivity contribution is -0.131. The molecule has 0 unspecified atom stereocenters. The summed E-state index contributed by atoms with van der Waals surface area (Å²) in [4.78, 5) is 26.2. The van der Waals surface area contributed by atoms with Crippen LogP contribution in [0.1, 0.15) is 28.8 Å². The Morgan fingerprint density at radius 1 is 0.960 bits per heavy atom. The third-order valence-electron chi connectivity index (χ3n) is 4.08. The normalized spacial score (nSPS) is 13.4. The van der Waals surface area contributed by atoms with Crippen molar-refractivity contribution in [2.45, 2.75) is 25.4 Å². The summed E-state index contributed by atoms with van der Waals surface area (Å²) < 4.78 is 25.9. The predicted octanol–water partition coefficient (Wildman–Crippen LogP) is 2.89. The van der Waals surface area contributed by atoms with Crippen molar-refractivity contribution in [1.29, 1.82) is 0 Å². The number of nitrogens with one attached hydrogen (secondary N) is 1. The van der Waals surface area contributed by atoms with E-state index in [-0.39, 0.29) is 24.3 Å². The van der Waals surface area contributed by atoms with Crippen LogP contribution < -0.4 is 5.32 Å². The van der Waals surface area contributed by atoms with E-state index in [1.807, 2.05) is 0 Å². The van der Waals surface area contributed by atoms with Crippen molar-refractivity contribution in [3.8, 4) is 0 Å². The molecule has 4 nitrogen and oxygen atoms in total. The number of hydrogen-bond acceptors (Lipinski definition) is 2. The summed E-state index contributed by atoms with van der Waals surface area (Å²) in [7, 11) is 0. The summed E-state index contributed by atoms with van der Waals surface area (Å²) in [6.45, 7) is 0.254. The molecule has 1 fully saturated rings. The number of carbonyl (C=O) groups excluding carboxylic acids is 2. The van der Waals surface area contributed by atoms with Crippen LogP contribution in [0.3, 0.4) is 0 Å². The van der Waals surface area contributed by atoms with Gasteiger partial charge in [0.2, 0.25) is 5.91 Å². The molecule has 1 aliphatic carbocycles. The van der Waals surface area contributed by atoms with Crippen LogP contribution in [0.25, 0.3) is 0 Å². The van der Waals surface area contributed by atoms with Crippen molar-refractivity contribution >= 4 is 11.8 Å². The monoisotopic (exact) mass is 344 g/mol. The summed E-state index contributed by atoms with van der Waals surface area (Å²) in [6.07, 6.45) is 1.86. The summed E-state index contributed by atoms with van der Waals surface area (Å²) in [5.74, 6) is -1.36. The number of nitrogens with zero attached hydrogens (tertiary/aromatic N) is 1. The highest BCUT2D eigenvalue weighted by atomic mass is 19.1. The third kappa shape index (κ3) is 4.62. The van der Waals surface area contributed by atoms with Crippen molar-refractivity contribution < 1.29 is 18.4 Å². The molecule has 130 valence electrons. The Kier molecular flexibility index (Phi) is 5.07. The minimum absolute atomic E-state index is 0.131. The minimum atomic E-state index is -0.425. The summed E-state index contributed by atoms with van der Waals surface area (Å²) in [5.41, 5.74) is 1.14. The molecule has 2 amide bonds. The molecule has 0 aliphatic heterocycles. The van der Waals surface area contributed by atoms with Crippen LogP contribution in [0.4, 0.5) is 8.78 Å². The number of amides is 2. The molecule has 0 radical (unpaired) electrons. The lowest BCUT2D eigenvalue weighted by atomic mass is 10.2. The maximum atomic E-state index is 13.0. The van der Waals surface area contributed by atoms with Crippen LogP contribution in [0, 0.1) is 11.6 Å². The fraction of sp³-hybridized carbons (Fsp3) is 0.263. The molecule has 1 aliphatic rings. The molecule has 1 saturated carbocycles. The maximum absolute atomic E-state index is 13.0. The Morgan fingerprint density at radius 3 is 2.08 bits per heavy atom. The number of hydrogen-bond donors (Lipinski definition) is 1. The molecule has 0 spiro atoms. The quantitative estimate of drug-likeness (QED) is 0.876. The first-order valence-electron chi connectivity index (χ1n) is 8.10. The number of benzene rings is 2. The standard InChI is InChI=1S/C19H18F2N2O2/c20-15-5-1-13(2-6-15)12-23(17-9-10-17)18(24)11-22-19(25)14-3-7-16(21)8-4-14/h1-8,17H,9-12H2,(H,22,25). The third-order valence-corrected chi connectivity index (χ3v) is 4.08. The first-order chi connectivity index (χ1) is 12.0. The molecule has 0 heterocycles. The SMILES string of the molecule is O=C(NCC(=O)N(Cc1ccc(F)cc1)C1CC1)c1ccc(F)cc1. The molecule has 0 saturated heterocycles. The molecule has 3 rings (SSSR count). The van der Waals surface area contributed by atoms with Crippen LogP contribution in [-0.2, 0) is 11.3 Å². The van der Waals surface area contributed by atoms with Gasteiger partial charge in [-0.05, 0) is 54.8 Å². The lowest BCUT2D eigenvalue weighted by Gasteiger charge is -2.23. The largest absolute Gasteiger partial charge is 0.343 e. The van der Waals surface area contributed by atoms with Gasteiger partial charge in [-0.2, -0.15) is 0 Å². The van der Waals surface area contributed by atoms with Gasteiger partial charge < -0.3 is 10.2 Å². The Hall–Kier alpha value is -2.76. The van der Waals surface area contributed by atoms with Gasteiger partial charge in [-0.3, -0.25) is 9.59 Å². The molecule has 6 heteroatoms. The van der Waals surface area contributed by atoms with E-state index in [2.05, 4.69) is 5.32 Å². The maximum Gasteiger partial charge on any atom is 0.251 e. The van der Waals surface area contributed by atoms with Gasteiger partial charge in [0.05, 0.1) is 6.54 Å². The Labute approximate surface area is 144 Å². The molecule has 2 aromatic carbocycles. The van der Waals surface area contributed by atoms with Crippen molar-refractivity contribution in [2.75, 3.05) is 6.54 Å². The molecule has 0 bridgehead atoms. The van der Waals surface area contributed by atoms with Crippen LogP contribution >= 0.6 is 0 Å². The van der Waals surface area contributed by atoms with E-state index in [0.29, 0.717) is 12.1 Å². The second kappa shape index (κ2) is 7.42. The first-order valence-corrected chi connectivity index (χ1v) is 8.10. The highest BCUT2D eigenvalue weighted by Gasteiger charge is 2.32. The van der Waals surface area contributed by atoms with Gasteiger partial charge in [-0.15, -0.1) is 0 Å². The van der Waals surface area contributed by atoms with Crippen LogP contribution in [0.5, 0.6) is 0 Å². The number of carbonyl (C=O) groups is 2. The van der Waals surface area contributed by atoms with Gasteiger partial charge >= 0.3 is 0 Å². The Morgan fingerprint density at radius 2 is 1.52 bits per heavy atom.